The highest BCUT2D eigenvalue weighted by Crippen LogP contribution is 2.33. The summed E-state index contributed by atoms with van der Waals surface area (Å²) in [4.78, 5) is 24.8. The molecule has 0 aliphatic carbocycles. The number of carbonyl (C=O) groups excluding carboxylic acids is 1. The SMILES string of the molecule is CN(C)CCC(=O)N1CC[C@@H](CNc2ncnc(N)c2-c2ccc(Oc3ccccc3)cc2)[C@H](O)C1. The number of β-amino-alcohol motifs (C(OH)–C–C–N with tert-alkyl or cyclic N) is 1. The molecule has 9 nitrogen and oxygen atoms in total. The van der Waals surface area contributed by atoms with Gasteiger partial charge in [-0.15, -0.1) is 0 Å². The van der Waals surface area contributed by atoms with Crippen LogP contribution in [0.5, 0.6) is 11.5 Å². The molecule has 1 fully saturated rings. The molecule has 0 saturated carbocycles. The van der Waals surface area contributed by atoms with Gasteiger partial charge in [0.25, 0.3) is 0 Å². The molecule has 1 saturated heterocycles. The molecule has 1 amide bonds. The number of amides is 1. The first-order chi connectivity index (χ1) is 17.4. The maximum Gasteiger partial charge on any atom is 0.223 e. The standard InChI is InChI=1S/C27H34N6O3/c1-32(2)14-13-24(35)33-15-12-20(23(34)17-33)16-29-27-25(26(28)30-18-31-27)19-8-10-22(11-9-19)36-21-6-4-3-5-7-21/h3-11,18,20,23,34H,12-17H2,1-2H3,(H3,28,29,30,31)/t20-,23+/m0/s1. The zero-order chi connectivity index (χ0) is 25.5. The molecule has 36 heavy (non-hydrogen) atoms. The van der Waals surface area contributed by atoms with Crippen molar-refractivity contribution < 1.29 is 14.6 Å². The minimum absolute atomic E-state index is 0.00594. The number of aliphatic hydroxyl groups is 1. The molecule has 3 aromatic rings. The zero-order valence-electron chi connectivity index (χ0n) is 20.8. The summed E-state index contributed by atoms with van der Waals surface area (Å²) in [7, 11) is 3.89. The van der Waals surface area contributed by atoms with Crippen LogP contribution in [-0.4, -0.2) is 77.2 Å². The van der Waals surface area contributed by atoms with E-state index in [0.717, 1.165) is 11.3 Å². The summed E-state index contributed by atoms with van der Waals surface area (Å²) in [6, 6.07) is 17.2. The largest absolute Gasteiger partial charge is 0.457 e. The normalized spacial score (nSPS) is 17.7. The monoisotopic (exact) mass is 490 g/mol. The molecule has 4 rings (SSSR count). The quantitative estimate of drug-likeness (QED) is 0.419. The van der Waals surface area contributed by atoms with Crippen molar-refractivity contribution in [1.29, 1.82) is 0 Å². The van der Waals surface area contributed by atoms with Gasteiger partial charge in [0.2, 0.25) is 5.91 Å². The van der Waals surface area contributed by atoms with Gasteiger partial charge in [-0.05, 0) is 50.3 Å². The Morgan fingerprint density at radius 3 is 2.56 bits per heavy atom. The maximum absolute atomic E-state index is 12.4. The molecule has 190 valence electrons. The molecule has 2 heterocycles. The van der Waals surface area contributed by atoms with Gasteiger partial charge in [-0.2, -0.15) is 0 Å². The lowest BCUT2D eigenvalue weighted by molar-refractivity contribution is -0.135. The first-order valence-corrected chi connectivity index (χ1v) is 12.2. The number of carbonyl (C=O) groups is 1. The summed E-state index contributed by atoms with van der Waals surface area (Å²) in [5.74, 6) is 2.53. The van der Waals surface area contributed by atoms with Crippen molar-refractivity contribution in [3.05, 3.63) is 60.9 Å². The first-order valence-electron chi connectivity index (χ1n) is 12.2. The number of para-hydroxylation sites is 1. The van der Waals surface area contributed by atoms with Gasteiger partial charge in [-0.25, -0.2) is 9.97 Å². The number of benzene rings is 2. The number of aliphatic hydroxyl groups excluding tert-OH is 1. The van der Waals surface area contributed by atoms with Gasteiger partial charge in [0.1, 0.15) is 29.5 Å². The van der Waals surface area contributed by atoms with E-state index in [4.69, 9.17) is 10.5 Å². The van der Waals surface area contributed by atoms with Crippen LogP contribution in [0.2, 0.25) is 0 Å². The second-order valence-electron chi connectivity index (χ2n) is 9.31. The average molecular weight is 491 g/mol. The number of likely N-dealkylation sites (tertiary alicyclic amines) is 1. The second-order valence-corrected chi connectivity index (χ2v) is 9.31. The Bertz CT molecular complexity index is 1140. The number of rotatable bonds is 9. The topological polar surface area (TPSA) is 117 Å². The lowest BCUT2D eigenvalue weighted by Gasteiger charge is -2.36. The minimum atomic E-state index is -0.605. The van der Waals surface area contributed by atoms with Gasteiger partial charge < -0.3 is 30.7 Å². The van der Waals surface area contributed by atoms with Crippen LogP contribution in [0.4, 0.5) is 11.6 Å². The number of aromatic nitrogens is 2. The first kappa shape index (κ1) is 25.4. The molecule has 0 radical (unpaired) electrons. The van der Waals surface area contributed by atoms with Crippen molar-refractivity contribution in [3.63, 3.8) is 0 Å². The van der Waals surface area contributed by atoms with E-state index in [0.29, 0.717) is 62.0 Å². The summed E-state index contributed by atoms with van der Waals surface area (Å²) < 4.78 is 5.88. The molecule has 0 spiro atoms. The number of piperidine rings is 1. The molecule has 4 N–H and O–H groups in total. The van der Waals surface area contributed by atoms with Crippen LogP contribution < -0.4 is 15.8 Å². The van der Waals surface area contributed by atoms with Crippen LogP contribution in [0.3, 0.4) is 0 Å². The van der Waals surface area contributed by atoms with Gasteiger partial charge in [0.05, 0.1) is 11.7 Å². The zero-order valence-corrected chi connectivity index (χ0v) is 20.8. The van der Waals surface area contributed by atoms with E-state index in [-0.39, 0.29) is 11.8 Å². The Morgan fingerprint density at radius 1 is 1.14 bits per heavy atom. The number of nitrogens with zero attached hydrogens (tertiary/aromatic N) is 4. The fraction of sp³-hybridized carbons (Fsp3) is 0.370. The third kappa shape index (κ3) is 6.50. The third-order valence-electron chi connectivity index (χ3n) is 6.38. The van der Waals surface area contributed by atoms with Crippen molar-refractivity contribution in [1.82, 2.24) is 19.8 Å². The summed E-state index contributed by atoms with van der Waals surface area (Å²) in [5.41, 5.74) is 7.80. The number of ether oxygens (including phenoxy) is 1. The van der Waals surface area contributed by atoms with E-state index in [1.807, 2.05) is 73.6 Å². The number of nitrogens with two attached hydrogens (primary N) is 1. The van der Waals surface area contributed by atoms with Crippen LogP contribution in [-0.2, 0) is 4.79 Å². The van der Waals surface area contributed by atoms with E-state index >= 15 is 0 Å². The second kappa shape index (κ2) is 11.8. The molecule has 1 aliphatic heterocycles. The highest BCUT2D eigenvalue weighted by atomic mass is 16.5. The van der Waals surface area contributed by atoms with Gasteiger partial charge in [-0.3, -0.25) is 4.79 Å². The van der Waals surface area contributed by atoms with E-state index in [1.54, 1.807) is 4.90 Å². The lowest BCUT2D eigenvalue weighted by Crippen LogP contribution is -2.48. The Morgan fingerprint density at radius 2 is 1.86 bits per heavy atom. The van der Waals surface area contributed by atoms with Crippen LogP contribution in [0.15, 0.2) is 60.9 Å². The highest BCUT2D eigenvalue weighted by molar-refractivity contribution is 5.83. The van der Waals surface area contributed by atoms with E-state index in [2.05, 4.69) is 15.3 Å². The molecule has 2 atom stereocenters. The highest BCUT2D eigenvalue weighted by Gasteiger charge is 2.30. The van der Waals surface area contributed by atoms with Crippen molar-refractivity contribution in [2.45, 2.75) is 18.9 Å². The maximum atomic E-state index is 12.4. The average Bonchev–Trinajstić information content (AvgIpc) is 2.88. The van der Waals surface area contributed by atoms with Gasteiger partial charge in [0, 0.05) is 38.5 Å². The number of nitrogens with one attached hydrogen (secondary N) is 1. The van der Waals surface area contributed by atoms with E-state index in [9.17, 15) is 9.90 Å². The van der Waals surface area contributed by atoms with Gasteiger partial charge in [-0.1, -0.05) is 30.3 Å². The number of anilines is 2. The van der Waals surface area contributed by atoms with Crippen molar-refractivity contribution in [3.8, 4) is 22.6 Å². The van der Waals surface area contributed by atoms with E-state index in [1.165, 1.54) is 6.33 Å². The molecule has 9 heteroatoms. The summed E-state index contributed by atoms with van der Waals surface area (Å²) in [5, 5.41) is 14.1. The number of nitrogen functional groups attached to an aromatic ring is 1. The summed E-state index contributed by atoms with van der Waals surface area (Å²) in [6.07, 6.45) is 1.99. The summed E-state index contributed by atoms with van der Waals surface area (Å²) in [6.45, 7) is 2.20. The molecule has 1 aliphatic rings. The van der Waals surface area contributed by atoms with Crippen molar-refractivity contribution >= 4 is 17.5 Å². The number of hydrogen-bond acceptors (Lipinski definition) is 8. The molecule has 2 aromatic carbocycles. The van der Waals surface area contributed by atoms with Crippen LogP contribution in [0.25, 0.3) is 11.1 Å². The molecule has 0 bridgehead atoms. The molecular weight excluding hydrogens is 456 g/mol. The predicted molar refractivity (Wildman–Crippen MR) is 141 cm³/mol. The van der Waals surface area contributed by atoms with Crippen molar-refractivity contribution in [2.24, 2.45) is 5.92 Å². The van der Waals surface area contributed by atoms with Gasteiger partial charge >= 0.3 is 0 Å². The Kier molecular flexibility index (Phi) is 8.35. The summed E-state index contributed by atoms with van der Waals surface area (Å²) >= 11 is 0. The fourth-order valence-electron chi connectivity index (χ4n) is 4.28. The Hall–Kier alpha value is -3.69. The van der Waals surface area contributed by atoms with E-state index < -0.39 is 6.10 Å². The van der Waals surface area contributed by atoms with Crippen LogP contribution >= 0.6 is 0 Å². The predicted octanol–water partition coefficient (Wildman–Crippen LogP) is 3.09. The number of hydrogen-bond donors (Lipinski definition) is 3. The minimum Gasteiger partial charge on any atom is -0.457 e. The smallest absolute Gasteiger partial charge is 0.223 e. The Balaban J connectivity index is 1.39. The Labute approximate surface area is 211 Å². The molecular formula is C27H34N6O3. The van der Waals surface area contributed by atoms with Crippen LogP contribution in [0, 0.1) is 5.92 Å². The fourth-order valence-corrected chi connectivity index (χ4v) is 4.28. The molecule has 0 unspecified atom stereocenters. The third-order valence-corrected chi connectivity index (χ3v) is 6.38. The van der Waals surface area contributed by atoms with Crippen molar-refractivity contribution in [2.75, 3.05) is 51.3 Å². The van der Waals surface area contributed by atoms with Gasteiger partial charge in [0.15, 0.2) is 0 Å². The van der Waals surface area contributed by atoms with Crippen LogP contribution in [0.1, 0.15) is 12.8 Å². The molecule has 1 aromatic heterocycles. The lowest BCUT2D eigenvalue weighted by atomic mass is 9.93.